The zero-order valence-corrected chi connectivity index (χ0v) is 8.29. The molecule has 2 amide bonds. The number of benzene rings is 1. The number of ether oxygens (including phenoxy) is 1. The van der Waals surface area contributed by atoms with Gasteiger partial charge >= 0.3 is 0 Å². The summed E-state index contributed by atoms with van der Waals surface area (Å²) in [7, 11) is 0. The summed E-state index contributed by atoms with van der Waals surface area (Å²) in [6.45, 7) is 0.384. The van der Waals surface area contributed by atoms with Crippen molar-refractivity contribution in [1.29, 1.82) is 0 Å². The third-order valence-electron chi connectivity index (χ3n) is 2.78. The van der Waals surface area contributed by atoms with Gasteiger partial charge in [0.15, 0.2) is 6.23 Å². The van der Waals surface area contributed by atoms with Crippen LogP contribution in [0.4, 0.5) is 0 Å². The van der Waals surface area contributed by atoms with Gasteiger partial charge in [0.05, 0.1) is 17.7 Å². The molecule has 1 aromatic rings. The predicted molar refractivity (Wildman–Crippen MR) is 52.7 cm³/mol. The summed E-state index contributed by atoms with van der Waals surface area (Å²) in [5.74, 6) is -0.910. The number of hydrogen-bond donors (Lipinski definition) is 1. The Bertz CT molecular complexity index is 446. The fraction of sp³-hybridized carbons (Fsp3) is 0.273. The van der Waals surface area contributed by atoms with Crippen molar-refractivity contribution >= 4 is 11.8 Å². The Morgan fingerprint density at radius 1 is 1.25 bits per heavy atom. The van der Waals surface area contributed by atoms with Crippen LogP contribution < -0.4 is 0 Å². The van der Waals surface area contributed by atoms with Crippen molar-refractivity contribution in [2.75, 3.05) is 6.61 Å². The highest BCUT2D eigenvalue weighted by molar-refractivity contribution is 6.21. The Morgan fingerprint density at radius 3 is 2.19 bits per heavy atom. The molecule has 0 saturated carbocycles. The lowest BCUT2D eigenvalue weighted by Crippen LogP contribution is -2.43. The Kier molecular flexibility index (Phi) is 1.86. The second-order valence-electron chi connectivity index (χ2n) is 3.81. The van der Waals surface area contributed by atoms with Crippen LogP contribution in [0.5, 0.6) is 0 Å². The summed E-state index contributed by atoms with van der Waals surface area (Å²) in [6.07, 6.45) is -1.60. The minimum atomic E-state index is -1.17. The molecule has 0 aliphatic carbocycles. The van der Waals surface area contributed by atoms with Crippen molar-refractivity contribution in [2.24, 2.45) is 0 Å². The summed E-state index contributed by atoms with van der Waals surface area (Å²) in [5, 5.41) is 9.76. The number of fused-ring (bicyclic) bond motifs is 1. The number of amides is 2. The molecule has 1 fully saturated rings. The molecule has 3 rings (SSSR count). The number of imide groups is 1. The molecule has 0 unspecified atom stereocenters. The highest BCUT2D eigenvalue weighted by atomic mass is 16.6. The number of hydrogen-bond acceptors (Lipinski definition) is 4. The molecule has 5 nitrogen and oxygen atoms in total. The van der Waals surface area contributed by atoms with Gasteiger partial charge in [-0.2, -0.15) is 0 Å². The van der Waals surface area contributed by atoms with Crippen LogP contribution in [0.25, 0.3) is 0 Å². The topological polar surface area (TPSA) is 70.1 Å². The second-order valence-corrected chi connectivity index (χ2v) is 3.81. The molecule has 16 heavy (non-hydrogen) atoms. The van der Waals surface area contributed by atoms with Gasteiger partial charge in [0.25, 0.3) is 11.8 Å². The van der Waals surface area contributed by atoms with Gasteiger partial charge in [-0.05, 0) is 12.1 Å². The SMILES string of the molecule is O=C1c2ccccc2C(=O)N1[C@@H](O)[C@@H]1CO1. The highest BCUT2D eigenvalue weighted by Crippen LogP contribution is 2.27. The maximum Gasteiger partial charge on any atom is 0.263 e. The standard InChI is InChI=1S/C11H9NO4/c13-9-6-3-1-2-4-7(6)10(14)12(9)11(15)8-5-16-8/h1-4,8,11,15H,5H2/t8-,11-/m0/s1. The van der Waals surface area contributed by atoms with Gasteiger partial charge in [0.2, 0.25) is 0 Å². The third-order valence-corrected chi connectivity index (χ3v) is 2.78. The van der Waals surface area contributed by atoms with E-state index in [-0.39, 0.29) is 0 Å². The van der Waals surface area contributed by atoms with Gasteiger partial charge in [0, 0.05) is 0 Å². The zero-order chi connectivity index (χ0) is 11.3. The van der Waals surface area contributed by atoms with Crippen LogP contribution in [0, 0.1) is 0 Å². The van der Waals surface area contributed by atoms with Gasteiger partial charge in [0.1, 0.15) is 6.10 Å². The fourth-order valence-electron chi connectivity index (χ4n) is 1.84. The first kappa shape index (κ1) is 9.50. The second kappa shape index (κ2) is 3.13. The van der Waals surface area contributed by atoms with Crippen LogP contribution in [0.2, 0.25) is 0 Å². The molecule has 1 saturated heterocycles. The molecule has 2 aliphatic rings. The van der Waals surface area contributed by atoms with E-state index in [0.717, 1.165) is 4.90 Å². The van der Waals surface area contributed by atoms with Crippen LogP contribution in [0.15, 0.2) is 24.3 Å². The molecule has 1 N–H and O–H groups in total. The molecule has 0 radical (unpaired) electrons. The van der Waals surface area contributed by atoms with Crippen LogP contribution in [-0.2, 0) is 4.74 Å². The van der Waals surface area contributed by atoms with E-state index < -0.39 is 24.1 Å². The van der Waals surface area contributed by atoms with Crippen LogP contribution in [-0.4, -0.2) is 40.8 Å². The first-order valence-corrected chi connectivity index (χ1v) is 4.97. The molecule has 2 atom stereocenters. The Hall–Kier alpha value is -1.72. The van der Waals surface area contributed by atoms with E-state index in [9.17, 15) is 14.7 Å². The summed E-state index contributed by atoms with van der Waals surface area (Å²) in [6, 6.07) is 6.53. The molecule has 1 aromatic carbocycles. The molecular weight excluding hydrogens is 210 g/mol. The smallest absolute Gasteiger partial charge is 0.263 e. The summed E-state index contributed by atoms with van der Waals surface area (Å²) < 4.78 is 4.88. The van der Waals surface area contributed by atoms with Crippen molar-refractivity contribution < 1.29 is 19.4 Å². The van der Waals surface area contributed by atoms with Gasteiger partial charge in [-0.3, -0.25) is 9.59 Å². The largest absolute Gasteiger partial charge is 0.370 e. The molecule has 0 bridgehead atoms. The minimum Gasteiger partial charge on any atom is -0.370 e. The lowest BCUT2D eigenvalue weighted by atomic mass is 10.1. The first-order chi connectivity index (χ1) is 7.70. The number of nitrogens with zero attached hydrogens (tertiary/aromatic N) is 1. The van der Waals surface area contributed by atoms with E-state index in [1.54, 1.807) is 24.3 Å². The summed E-state index contributed by atoms with van der Waals surface area (Å²) >= 11 is 0. The monoisotopic (exact) mass is 219 g/mol. The average molecular weight is 219 g/mol. The van der Waals surface area contributed by atoms with Gasteiger partial charge < -0.3 is 9.84 Å². The maximum absolute atomic E-state index is 11.9. The summed E-state index contributed by atoms with van der Waals surface area (Å²) in [4.78, 5) is 24.6. The van der Waals surface area contributed by atoms with Gasteiger partial charge in [-0.25, -0.2) is 4.90 Å². The Labute approximate surface area is 91.2 Å². The predicted octanol–water partition coefficient (Wildman–Crippen LogP) is -0.000200. The Balaban J connectivity index is 2.00. The van der Waals surface area contributed by atoms with Crippen LogP contribution >= 0.6 is 0 Å². The average Bonchev–Trinajstić information content (AvgIpc) is 3.09. The molecule has 82 valence electrons. The van der Waals surface area contributed by atoms with Crippen molar-refractivity contribution in [2.45, 2.75) is 12.3 Å². The van der Waals surface area contributed by atoms with Crippen LogP contribution in [0.3, 0.4) is 0 Å². The van der Waals surface area contributed by atoms with Crippen molar-refractivity contribution in [3.8, 4) is 0 Å². The molecule has 5 heteroatoms. The number of carbonyl (C=O) groups is 2. The molecule has 2 heterocycles. The maximum atomic E-state index is 11.9. The van der Waals surface area contributed by atoms with Crippen molar-refractivity contribution in [3.05, 3.63) is 35.4 Å². The third kappa shape index (κ3) is 1.19. The van der Waals surface area contributed by atoms with E-state index in [1.165, 1.54) is 0 Å². The fourth-order valence-corrected chi connectivity index (χ4v) is 1.84. The normalized spacial score (nSPS) is 24.6. The summed E-state index contributed by atoms with van der Waals surface area (Å²) in [5.41, 5.74) is 0.680. The van der Waals surface area contributed by atoms with Gasteiger partial charge in [-0.1, -0.05) is 12.1 Å². The number of aliphatic hydroxyl groups excluding tert-OH is 1. The Morgan fingerprint density at radius 2 is 1.75 bits per heavy atom. The van der Waals surface area contributed by atoms with Crippen molar-refractivity contribution in [3.63, 3.8) is 0 Å². The molecule has 2 aliphatic heterocycles. The first-order valence-electron chi connectivity index (χ1n) is 4.97. The van der Waals surface area contributed by atoms with E-state index in [2.05, 4.69) is 0 Å². The van der Waals surface area contributed by atoms with E-state index >= 15 is 0 Å². The lowest BCUT2D eigenvalue weighted by Gasteiger charge is -2.18. The highest BCUT2D eigenvalue weighted by Gasteiger charge is 2.45. The zero-order valence-electron chi connectivity index (χ0n) is 8.29. The quantitative estimate of drug-likeness (QED) is 0.561. The minimum absolute atomic E-state index is 0.340. The number of epoxide rings is 1. The van der Waals surface area contributed by atoms with E-state index in [4.69, 9.17) is 4.74 Å². The van der Waals surface area contributed by atoms with Crippen molar-refractivity contribution in [1.82, 2.24) is 4.90 Å². The lowest BCUT2D eigenvalue weighted by molar-refractivity contribution is 0.00199. The molecule has 0 spiro atoms. The number of aliphatic hydroxyl groups is 1. The number of carbonyl (C=O) groups excluding carboxylic acids is 2. The molecular formula is C11H9NO4. The van der Waals surface area contributed by atoms with Gasteiger partial charge in [-0.15, -0.1) is 0 Å². The van der Waals surface area contributed by atoms with E-state index in [0.29, 0.717) is 17.7 Å². The number of rotatable bonds is 2. The van der Waals surface area contributed by atoms with E-state index in [1.807, 2.05) is 0 Å². The molecule has 0 aromatic heterocycles. The van der Waals surface area contributed by atoms with Crippen LogP contribution in [0.1, 0.15) is 20.7 Å².